The second-order valence-electron chi connectivity index (χ2n) is 5.65. The van der Waals surface area contributed by atoms with E-state index in [1.807, 2.05) is 46.9 Å². The predicted molar refractivity (Wildman–Crippen MR) is 96.4 cm³/mol. The SMILES string of the molecule is COc1cccc(Cn2c(=O)c3ccccc3n3c(CCl)nnc23)c1. The van der Waals surface area contributed by atoms with E-state index in [0.717, 1.165) is 16.8 Å². The fourth-order valence-corrected chi connectivity index (χ4v) is 3.17. The molecule has 4 rings (SSSR count). The van der Waals surface area contributed by atoms with Gasteiger partial charge in [0.2, 0.25) is 5.78 Å². The van der Waals surface area contributed by atoms with Gasteiger partial charge in [-0.2, -0.15) is 0 Å². The van der Waals surface area contributed by atoms with E-state index < -0.39 is 0 Å². The summed E-state index contributed by atoms with van der Waals surface area (Å²) in [6.07, 6.45) is 0. The molecule has 0 spiro atoms. The molecule has 0 saturated heterocycles. The van der Waals surface area contributed by atoms with Gasteiger partial charge in [0.05, 0.1) is 30.4 Å². The number of halogens is 1. The van der Waals surface area contributed by atoms with E-state index in [4.69, 9.17) is 16.3 Å². The van der Waals surface area contributed by atoms with Gasteiger partial charge in [-0.25, -0.2) is 0 Å². The van der Waals surface area contributed by atoms with E-state index in [0.29, 0.717) is 23.5 Å². The molecule has 0 aliphatic heterocycles. The first-order valence-electron chi connectivity index (χ1n) is 7.77. The first-order valence-corrected chi connectivity index (χ1v) is 8.31. The summed E-state index contributed by atoms with van der Waals surface area (Å²) in [5.41, 5.74) is 1.58. The van der Waals surface area contributed by atoms with E-state index in [1.54, 1.807) is 17.7 Å². The topological polar surface area (TPSA) is 61.4 Å². The molecule has 0 unspecified atom stereocenters. The first kappa shape index (κ1) is 15.7. The van der Waals surface area contributed by atoms with Crippen LogP contribution in [-0.4, -0.2) is 26.3 Å². The Bertz CT molecular complexity index is 1130. The number of benzene rings is 2. The molecule has 0 radical (unpaired) electrons. The van der Waals surface area contributed by atoms with Gasteiger partial charge in [-0.3, -0.25) is 13.8 Å². The van der Waals surface area contributed by atoms with Crippen LogP contribution in [0.1, 0.15) is 11.4 Å². The predicted octanol–water partition coefficient (Wildman–Crippen LogP) is 2.84. The zero-order valence-electron chi connectivity index (χ0n) is 13.5. The maximum atomic E-state index is 13.0. The molecule has 0 fully saturated rings. The van der Waals surface area contributed by atoms with Gasteiger partial charge in [0.15, 0.2) is 5.82 Å². The van der Waals surface area contributed by atoms with E-state index in [1.165, 1.54) is 0 Å². The Morgan fingerprint density at radius 1 is 1.12 bits per heavy atom. The summed E-state index contributed by atoms with van der Waals surface area (Å²) in [5, 5.41) is 8.94. The van der Waals surface area contributed by atoms with E-state index in [-0.39, 0.29) is 11.4 Å². The summed E-state index contributed by atoms with van der Waals surface area (Å²) in [6, 6.07) is 15.0. The molecule has 2 aromatic heterocycles. The van der Waals surface area contributed by atoms with Gasteiger partial charge in [-0.05, 0) is 29.8 Å². The van der Waals surface area contributed by atoms with Gasteiger partial charge in [-0.1, -0.05) is 24.3 Å². The van der Waals surface area contributed by atoms with Crippen LogP contribution in [0.2, 0.25) is 0 Å². The highest BCUT2D eigenvalue weighted by atomic mass is 35.5. The summed E-state index contributed by atoms with van der Waals surface area (Å²) in [5.74, 6) is 2.03. The third-order valence-corrected chi connectivity index (χ3v) is 4.41. The van der Waals surface area contributed by atoms with Crippen LogP contribution in [-0.2, 0) is 12.4 Å². The van der Waals surface area contributed by atoms with Gasteiger partial charge in [0.25, 0.3) is 5.56 Å². The highest BCUT2D eigenvalue weighted by molar-refractivity contribution is 6.16. The van der Waals surface area contributed by atoms with Crippen LogP contribution in [0.25, 0.3) is 16.7 Å². The Hall–Kier alpha value is -2.86. The molecule has 0 N–H and O–H groups in total. The number of nitrogens with zero attached hydrogens (tertiary/aromatic N) is 4. The fraction of sp³-hybridized carbons (Fsp3) is 0.167. The summed E-state index contributed by atoms with van der Waals surface area (Å²) in [6.45, 7) is 0.366. The maximum absolute atomic E-state index is 13.0. The van der Waals surface area contributed by atoms with Crippen LogP contribution < -0.4 is 10.3 Å². The molecule has 0 amide bonds. The lowest BCUT2D eigenvalue weighted by Crippen LogP contribution is -2.24. The monoisotopic (exact) mass is 354 g/mol. The van der Waals surface area contributed by atoms with Crippen molar-refractivity contribution in [3.8, 4) is 5.75 Å². The number of methoxy groups -OCH3 is 1. The molecule has 0 atom stereocenters. The number of fused-ring (bicyclic) bond motifs is 3. The van der Waals surface area contributed by atoms with Crippen LogP contribution in [0.3, 0.4) is 0 Å². The van der Waals surface area contributed by atoms with Gasteiger partial charge in [0.1, 0.15) is 5.75 Å². The van der Waals surface area contributed by atoms with Crippen LogP contribution >= 0.6 is 11.6 Å². The smallest absolute Gasteiger partial charge is 0.263 e. The highest BCUT2D eigenvalue weighted by Gasteiger charge is 2.16. The third-order valence-electron chi connectivity index (χ3n) is 4.17. The average Bonchev–Trinajstić information content (AvgIpc) is 3.09. The lowest BCUT2D eigenvalue weighted by Gasteiger charge is -2.11. The molecule has 126 valence electrons. The van der Waals surface area contributed by atoms with Crippen molar-refractivity contribution < 1.29 is 4.74 Å². The summed E-state index contributed by atoms with van der Waals surface area (Å²) in [7, 11) is 1.62. The lowest BCUT2D eigenvalue weighted by atomic mass is 10.2. The Balaban J connectivity index is 2.00. The molecule has 25 heavy (non-hydrogen) atoms. The van der Waals surface area contributed by atoms with Crippen molar-refractivity contribution in [2.45, 2.75) is 12.4 Å². The van der Waals surface area contributed by atoms with Crippen molar-refractivity contribution in [1.82, 2.24) is 19.2 Å². The third kappa shape index (κ3) is 2.55. The van der Waals surface area contributed by atoms with Gasteiger partial charge in [0, 0.05) is 0 Å². The molecule has 0 bridgehead atoms. The van der Waals surface area contributed by atoms with Crippen molar-refractivity contribution in [2.24, 2.45) is 0 Å². The number of aromatic nitrogens is 4. The lowest BCUT2D eigenvalue weighted by molar-refractivity contribution is 0.414. The first-order chi connectivity index (χ1) is 12.2. The quantitative estimate of drug-likeness (QED) is 0.529. The van der Waals surface area contributed by atoms with Crippen molar-refractivity contribution in [1.29, 1.82) is 0 Å². The second kappa shape index (κ2) is 6.22. The molecule has 0 aliphatic rings. The zero-order chi connectivity index (χ0) is 17.4. The molecule has 2 aromatic carbocycles. The van der Waals surface area contributed by atoms with Gasteiger partial charge >= 0.3 is 0 Å². The largest absolute Gasteiger partial charge is 0.497 e. The van der Waals surface area contributed by atoms with Crippen LogP contribution in [0, 0.1) is 0 Å². The molecule has 4 aromatic rings. The van der Waals surface area contributed by atoms with Crippen molar-refractivity contribution in [2.75, 3.05) is 7.11 Å². The Morgan fingerprint density at radius 3 is 2.76 bits per heavy atom. The summed E-state index contributed by atoms with van der Waals surface area (Å²) >= 11 is 6.01. The van der Waals surface area contributed by atoms with E-state index in [9.17, 15) is 4.79 Å². The Morgan fingerprint density at radius 2 is 1.96 bits per heavy atom. The molecular formula is C18H15ClN4O2. The van der Waals surface area contributed by atoms with Crippen LogP contribution in [0.5, 0.6) is 5.75 Å². The molecule has 7 heteroatoms. The van der Waals surface area contributed by atoms with E-state index >= 15 is 0 Å². The molecule has 6 nitrogen and oxygen atoms in total. The molecule has 2 heterocycles. The number of ether oxygens (including phenoxy) is 1. The number of alkyl halides is 1. The summed E-state index contributed by atoms with van der Waals surface area (Å²) < 4.78 is 8.71. The summed E-state index contributed by atoms with van der Waals surface area (Å²) in [4.78, 5) is 13.0. The number of rotatable bonds is 4. The zero-order valence-corrected chi connectivity index (χ0v) is 14.3. The minimum atomic E-state index is -0.112. The van der Waals surface area contributed by atoms with Crippen LogP contribution in [0.4, 0.5) is 0 Å². The number of para-hydroxylation sites is 1. The van der Waals surface area contributed by atoms with E-state index in [2.05, 4.69) is 10.2 Å². The maximum Gasteiger partial charge on any atom is 0.263 e. The average molecular weight is 355 g/mol. The van der Waals surface area contributed by atoms with Crippen molar-refractivity contribution >= 4 is 28.3 Å². The minimum Gasteiger partial charge on any atom is -0.497 e. The Labute approximate surface area is 148 Å². The number of hydrogen-bond acceptors (Lipinski definition) is 4. The Kier molecular flexibility index (Phi) is 3.89. The van der Waals surface area contributed by atoms with Gasteiger partial charge < -0.3 is 4.74 Å². The minimum absolute atomic E-state index is 0.112. The molecular weight excluding hydrogens is 340 g/mol. The van der Waals surface area contributed by atoms with Crippen molar-refractivity contribution in [3.63, 3.8) is 0 Å². The molecule has 0 aliphatic carbocycles. The standard InChI is InChI=1S/C18H15ClN4O2/c1-25-13-6-4-5-12(9-13)11-22-17(24)14-7-2-3-8-15(14)23-16(10-19)20-21-18(22)23/h2-9H,10-11H2,1H3. The second-order valence-corrected chi connectivity index (χ2v) is 5.91. The number of hydrogen-bond donors (Lipinski definition) is 0. The van der Waals surface area contributed by atoms with Crippen molar-refractivity contribution in [3.05, 3.63) is 70.3 Å². The normalized spacial score (nSPS) is 11.3. The van der Waals surface area contributed by atoms with Gasteiger partial charge in [-0.15, -0.1) is 21.8 Å². The fourth-order valence-electron chi connectivity index (χ4n) is 3.00. The molecule has 0 saturated carbocycles. The van der Waals surface area contributed by atoms with Crippen LogP contribution in [0.15, 0.2) is 53.3 Å². The highest BCUT2D eigenvalue weighted by Crippen LogP contribution is 2.18.